The molecule has 1 amide bonds. The van der Waals surface area contributed by atoms with Gasteiger partial charge in [-0.1, -0.05) is 13.3 Å². The third-order valence-corrected chi connectivity index (χ3v) is 2.91. The van der Waals surface area contributed by atoms with E-state index >= 15 is 0 Å². The normalized spacial score (nSPS) is 17.4. The number of nitrogens with zero attached hydrogens (tertiary/aromatic N) is 1. The molecular weight excluding hydrogens is 234 g/mol. The predicted octanol–water partition coefficient (Wildman–Crippen LogP) is 0.156. The van der Waals surface area contributed by atoms with Gasteiger partial charge in [0, 0.05) is 6.42 Å². The summed E-state index contributed by atoms with van der Waals surface area (Å²) in [5.74, 6) is -1.64. The fraction of sp³-hybridized carbons (Fsp3) is 0.833. The molecule has 6 nitrogen and oxygen atoms in total. The number of primary amides is 1. The topological polar surface area (TPSA) is 110 Å². The molecule has 1 heterocycles. The minimum atomic E-state index is -1.11. The lowest BCUT2D eigenvalue weighted by Gasteiger charge is -2.24. The van der Waals surface area contributed by atoms with Crippen LogP contribution in [0, 0.1) is 0 Å². The maximum absolute atomic E-state index is 10.1. The maximum atomic E-state index is 10.1. The third-order valence-electron chi connectivity index (χ3n) is 2.91. The number of likely N-dealkylation sites (tertiary alicyclic amines) is 1. The fourth-order valence-corrected chi connectivity index (χ4v) is 1.70. The Morgan fingerprint density at radius 3 is 2.17 bits per heavy atom. The lowest BCUT2D eigenvalue weighted by atomic mass is 10.1. The van der Waals surface area contributed by atoms with E-state index in [-0.39, 0.29) is 12.8 Å². The Balaban J connectivity index is 0.000000327. The van der Waals surface area contributed by atoms with Crippen LogP contribution >= 0.6 is 0 Å². The van der Waals surface area contributed by atoms with E-state index in [0.29, 0.717) is 0 Å². The van der Waals surface area contributed by atoms with Gasteiger partial charge in [0.2, 0.25) is 5.91 Å². The second kappa shape index (κ2) is 9.85. The van der Waals surface area contributed by atoms with Crippen LogP contribution in [0.5, 0.6) is 0 Å². The van der Waals surface area contributed by atoms with E-state index in [1.54, 1.807) is 0 Å². The van der Waals surface area contributed by atoms with Crippen molar-refractivity contribution in [3.8, 4) is 0 Å². The van der Waals surface area contributed by atoms with Gasteiger partial charge < -0.3 is 21.5 Å². The van der Waals surface area contributed by atoms with Crippen LogP contribution in [0.15, 0.2) is 0 Å². The van der Waals surface area contributed by atoms with Gasteiger partial charge in [0.15, 0.2) is 0 Å². The molecule has 1 rings (SSSR count). The zero-order valence-corrected chi connectivity index (χ0v) is 11.1. The van der Waals surface area contributed by atoms with Crippen molar-refractivity contribution >= 4 is 11.9 Å². The highest BCUT2D eigenvalue weighted by Gasteiger charge is 2.11. The van der Waals surface area contributed by atoms with Crippen LogP contribution < -0.4 is 11.5 Å². The first kappa shape index (κ1) is 16.9. The summed E-state index contributed by atoms with van der Waals surface area (Å²) in [6, 6.07) is -0.979. The summed E-state index contributed by atoms with van der Waals surface area (Å²) in [7, 11) is 0. The molecule has 0 radical (unpaired) electrons. The number of piperidine rings is 1. The lowest BCUT2D eigenvalue weighted by molar-refractivity contribution is -0.138. The number of aliphatic carboxylic acids is 1. The van der Waals surface area contributed by atoms with Crippen molar-refractivity contribution < 1.29 is 14.7 Å². The van der Waals surface area contributed by atoms with Gasteiger partial charge in [-0.15, -0.1) is 0 Å². The first-order valence-corrected chi connectivity index (χ1v) is 6.46. The van der Waals surface area contributed by atoms with Crippen molar-refractivity contribution in [3.63, 3.8) is 0 Å². The van der Waals surface area contributed by atoms with Crippen LogP contribution in [-0.4, -0.2) is 47.6 Å². The van der Waals surface area contributed by atoms with Gasteiger partial charge in [-0.05, 0) is 38.9 Å². The molecular formula is C12H25N3O3. The maximum Gasteiger partial charge on any atom is 0.320 e. The molecule has 6 heteroatoms. The smallest absolute Gasteiger partial charge is 0.320 e. The van der Waals surface area contributed by atoms with Crippen LogP contribution in [0.2, 0.25) is 0 Å². The number of carbonyl (C=O) groups excluding carboxylic acids is 1. The SMILES string of the molecule is CCN1CCCCC1.NC(=O)CC[C@H](N)C(=O)O. The molecule has 1 atom stereocenters. The molecule has 0 unspecified atom stereocenters. The highest BCUT2D eigenvalue weighted by Crippen LogP contribution is 2.06. The summed E-state index contributed by atoms with van der Waals surface area (Å²) in [6.07, 6.45) is 4.43. The van der Waals surface area contributed by atoms with Gasteiger partial charge in [0.1, 0.15) is 6.04 Å². The van der Waals surface area contributed by atoms with Gasteiger partial charge in [-0.3, -0.25) is 9.59 Å². The molecule has 5 N–H and O–H groups in total. The lowest BCUT2D eigenvalue weighted by Crippen LogP contribution is -2.31. The van der Waals surface area contributed by atoms with E-state index in [0.717, 1.165) is 0 Å². The van der Waals surface area contributed by atoms with Crippen LogP contribution in [0.3, 0.4) is 0 Å². The van der Waals surface area contributed by atoms with E-state index in [9.17, 15) is 9.59 Å². The number of carboxylic acid groups (broad SMARTS) is 1. The molecule has 0 spiro atoms. The fourth-order valence-electron chi connectivity index (χ4n) is 1.70. The van der Waals surface area contributed by atoms with Gasteiger partial charge >= 0.3 is 5.97 Å². The minimum absolute atomic E-state index is 0.0213. The first-order chi connectivity index (χ1) is 8.47. The molecule has 0 aromatic heterocycles. The molecule has 0 aromatic carbocycles. The highest BCUT2D eigenvalue weighted by molar-refractivity contribution is 5.76. The molecule has 106 valence electrons. The van der Waals surface area contributed by atoms with E-state index < -0.39 is 17.9 Å². The Kier molecular flexibility index (Phi) is 9.22. The van der Waals surface area contributed by atoms with Crippen molar-refractivity contribution in [1.82, 2.24) is 4.90 Å². The van der Waals surface area contributed by atoms with E-state index in [1.165, 1.54) is 38.9 Å². The second-order valence-corrected chi connectivity index (χ2v) is 4.44. The third kappa shape index (κ3) is 8.95. The number of hydrogen-bond donors (Lipinski definition) is 3. The number of carbonyl (C=O) groups is 2. The molecule has 1 fully saturated rings. The summed E-state index contributed by atoms with van der Waals surface area (Å²) in [6.45, 7) is 6.18. The zero-order valence-electron chi connectivity index (χ0n) is 11.1. The van der Waals surface area contributed by atoms with Gasteiger partial charge in [-0.2, -0.15) is 0 Å². The number of nitrogens with two attached hydrogens (primary N) is 2. The van der Waals surface area contributed by atoms with E-state index in [1.807, 2.05) is 0 Å². The zero-order chi connectivity index (χ0) is 14.0. The number of rotatable bonds is 5. The standard InChI is InChI=1S/C7H15N.C5H10N2O3/c1-2-8-6-4-3-5-7-8;6-3(5(9)10)1-2-4(7)8/h2-7H2,1H3;3H,1-2,6H2,(H2,7,8)(H,9,10)/t;3-/m.0/s1. The second-order valence-electron chi connectivity index (χ2n) is 4.44. The van der Waals surface area contributed by atoms with Gasteiger partial charge in [0.05, 0.1) is 0 Å². The van der Waals surface area contributed by atoms with Crippen LogP contribution in [0.4, 0.5) is 0 Å². The number of amides is 1. The number of carboxylic acids is 1. The van der Waals surface area contributed by atoms with Crippen molar-refractivity contribution in [1.29, 1.82) is 0 Å². The molecule has 0 aromatic rings. The predicted molar refractivity (Wildman–Crippen MR) is 70.0 cm³/mol. The Labute approximate surface area is 108 Å². The van der Waals surface area contributed by atoms with Crippen LogP contribution in [0.1, 0.15) is 39.0 Å². The first-order valence-electron chi connectivity index (χ1n) is 6.46. The molecule has 1 aliphatic rings. The average Bonchev–Trinajstić information content (AvgIpc) is 2.37. The van der Waals surface area contributed by atoms with Crippen molar-refractivity contribution in [3.05, 3.63) is 0 Å². The van der Waals surface area contributed by atoms with Crippen LogP contribution in [-0.2, 0) is 9.59 Å². The Morgan fingerprint density at radius 2 is 1.83 bits per heavy atom. The van der Waals surface area contributed by atoms with Gasteiger partial charge in [-0.25, -0.2) is 0 Å². The average molecular weight is 259 g/mol. The van der Waals surface area contributed by atoms with Crippen LogP contribution in [0.25, 0.3) is 0 Å². The van der Waals surface area contributed by atoms with Crippen molar-refractivity contribution in [2.75, 3.05) is 19.6 Å². The Morgan fingerprint density at radius 1 is 1.28 bits per heavy atom. The molecule has 0 bridgehead atoms. The molecule has 18 heavy (non-hydrogen) atoms. The van der Waals surface area contributed by atoms with Crippen molar-refractivity contribution in [2.24, 2.45) is 11.5 Å². The van der Waals surface area contributed by atoms with E-state index in [4.69, 9.17) is 16.6 Å². The van der Waals surface area contributed by atoms with Gasteiger partial charge in [0.25, 0.3) is 0 Å². The number of hydrogen-bond acceptors (Lipinski definition) is 4. The summed E-state index contributed by atoms with van der Waals surface area (Å²) in [4.78, 5) is 22.7. The molecule has 0 aliphatic carbocycles. The largest absolute Gasteiger partial charge is 0.480 e. The summed E-state index contributed by atoms with van der Waals surface area (Å²) >= 11 is 0. The van der Waals surface area contributed by atoms with Crippen molar-refractivity contribution in [2.45, 2.75) is 45.1 Å². The summed E-state index contributed by atoms with van der Waals surface area (Å²) < 4.78 is 0. The highest BCUT2D eigenvalue weighted by atomic mass is 16.4. The quantitative estimate of drug-likeness (QED) is 0.651. The monoisotopic (exact) mass is 259 g/mol. The Bertz CT molecular complexity index is 253. The molecule has 1 saturated heterocycles. The van der Waals surface area contributed by atoms with E-state index in [2.05, 4.69) is 11.8 Å². The minimum Gasteiger partial charge on any atom is -0.480 e. The summed E-state index contributed by atoms with van der Waals surface area (Å²) in [5.41, 5.74) is 9.81. The summed E-state index contributed by atoms with van der Waals surface area (Å²) in [5, 5.41) is 8.22. The molecule has 0 saturated carbocycles. The molecule has 1 aliphatic heterocycles. The Hall–Kier alpha value is -1.14.